The van der Waals surface area contributed by atoms with E-state index < -0.39 is 30.5 Å². The van der Waals surface area contributed by atoms with Crippen molar-refractivity contribution >= 4 is 29.3 Å². The van der Waals surface area contributed by atoms with E-state index in [4.69, 9.17) is 9.84 Å². The second kappa shape index (κ2) is 10.4. The molecule has 1 aliphatic rings. The Morgan fingerprint density at radius 1 is 1.03 bits per heavy atom. The highest BCUT2D eigenvalue weighted by atomic mass is 32.1. The third-order valence-electron chi connectivity index (χ3n) is 5.41. The van der Waals surface area contributed by atoms with Crippen LogP contribution in [0.3, 0.4) is 0 Å². The minimum absolute atomic E-state index is 0.0372. The van der Waals surface area contributed by atoms with Crippen LogP contribution in [0.1, 0.15) is 38.1 Å². The van der Waals surface area contributed by atoms with Crippen molar-refractivity contribution in [3.63, 3.8) is 0 Å². The molecular formula is C24H23N3O6S. The lowest BCUT2D eigenvalue weighted by molar-refractivity contribution is -0.139. The molecule has 0 radical (unpaired) electrons. The molecule has 4 rings (SSSR count). The maximum atomic E-state index is 12.3. The maximum Gasteiger partial charge on any atom is 0.407 e. The molecule has 0 saturated carbocycles. The molecular weight excluding hydrogens is 458 g/mol. The van der Waals surface area contributed by atoms with Crippen molar-refractivity contribution < 1.29 is 29.3 Å². The van der Waals surface area contributed by atoms with Crippen LogP contribution in [0.2, 0.25) is 0 Å². The molecule has 1 heterocycles. The van der Waals surface area contributed by atoms with Crippen LogP contribution in [-0.2, 0) is 16.1 Å². The first kappa shape index (κ1) is 23.4. The molecule has 1 aliphatic carbocycles. The van der Waals surface area contributed by atoms with E-state index in [0.29, 0.717) is 5.01 Å². The van der Waals surface area contributed by atoms with Gasteiger partial charge in [-0.3, -0.25) is 9.59 Å². The summed E-state index contributed by atoms with van der Waals surface area (Å²) in [6, 6.07) is 16.2. The van der Waals surface area contributed by atoms with Crippen molar-refractivity contribution in [1.29, 1.82) is 0 Å². The Hall–Kier alpha value is -3.76. The molecule has 1 aromatic heterocycles. The van der Waals surface area contributed by atoms with Gasteiger partial charge in [-0.05, 0) is 22.3 Å². The van der Waals surface area contributed by atoms with Crippen LogP contribution >= 0.6 is 11.3 Å². The van der Waals surface area contributed by atoms with Crippen LogP contribution in [0.15, 0.2) is 54.7 Å². The average Bonchev–Trinajstić information content (AvgIpc) is 3.42. The molecule has 0 saturated heterocycles. The summed E-state index contributed by atoms with van der Waals surface area (Å²) >= 11 is 1.08. The molecule has 3 aromatic rings. The monoisotopic (exact) mass is 481 g/mol. The summed E-state index contributed by atoms with van der Waals surface area (Å²) in [6.45, 7) is 0.108. The molecule has 2 amide bonds. The lowest BCUT2D eigenvalue weighted by Gasteiger charge is -2.14. The number of alkyl carbamates (subject to hydrolysis) is 1. The zero-order valence-corrected chi connectivity index (χ0v) is 18.9. The van der Waals surface area contributed by atoms with Gasteiger partial charge in [-0.15, -0.1) is 11.3 Å². The number of aromatic nitrogens is 1. The van der Waals surface area contributed by atoms with Gasteiger partial charge in [0.05, 0.1) is 25.3 Å². The number of hydrogen-bond acceptors (Lipinski definition) is 7. The third-order valence-corrected chi connectivity index (χ3v) is 6.41. The van der Waals surface area contributed by atoms with Gasteiger partial charge in [-0.1, -0.05) is 48.5 Å². The molecule has 1 atom stereocenters. The molecule has 0 bridgehead atoms. The maximum absolute atomic E-state index is 12.3. The van der Waals surface area contributed by atoms with Gasteiger partial charge in [-0.2, -0.15) is 0 Å². The highest BCUT2D eigenvalue weighted by Crippen LogP contribution is 2.44. The van der Waals surface area contributed by atoms with Gasteiger partial charge in [-0.25, -0.2) is 9.78 Å². The summed E-state index contributed by atoms with van der Waals surface area (Å²) in [5.74, 6) is -1.67. The van der Waals surface area contributed by atoms with Crippen LogP contribution in [0.25, 0.3) is 11.1 Å². The van der Waals surface area contributed by atoms with Gasteiger partial charge in [0.15, 0.2) is 0 Å². The van der Waals surface area contributed by atoms with Crippen molar-refractivity contribution in [2.45, 2.75) is 25.0 Å². The standard InChI is InChI=1S/C24H23N3O6S/c28-14(9-22(29)30)10-26-23(31)20-11-25-21(34-20)12-27-24(32)33-13-19-17-7-3-1-5-15(17)16-6-2-4-8-18(16)19/h1-8,11,14,19,28H,9-10,12-13H2,(H,26,31)(H,27,32)(H,29,30). The van der Waals surface area contributed by atoms with Crippen molar-refractivity contribution in [3.8, 4) is 11.1 Å². The largest absolute Gasteiger partial charge is 0.481 e. The van der Waals surface area contributed by atoms with Gasteiger partial charge in [0.25, 0.3) is 5.91 Å². The highest BCUT2D eigenvalue weighted by molar-refractivity contribution is 7.13. The Labute approximate surface area is 199 Å². The lowest BCUT2D eigenvalue weighted by atomic mass is 9.98. The quantitative estimate of drug-likeness (QED) is 0.369. The van der Waals surface area contributed by atoms with Crippen LogP contribution in [-0.4, -0.2) is 52.4 Å². The van der Waals surface area contributed by atoms with Gasteiger partial charge in [0, 0.05) is 12.5 Å². The topological polar surface area (TPSA) is 138 Å². The summed E-state index contributed by atoms with van der Waals surface area (Å²) in [7, 11) is 0. The number of benzene rings is 2. The highest BCUT2D eigenvalue weighted by Gasteiger charge is 2.29. The predicted molar refractivity (Wildman–Crippen MR) is 125 cm³/mol. The molecule has 9 nitrogen and oxygen atoms in total. The zero-order valence-electron chi connectivity index (χ0n) is 18.1. The number of hydrogen-bond donors (Lipinski definition) is 4. The number of nitrogens with one attached hydrogen (secondary N) is 2. The van der Waals surface area contributed by atoms with E-state index in [9.17, 15) is 19.5 Å². The summed E-state index contributed by atoms with van der Waals surface area (Å²) in [6.07, 6.45) is -0.861. The van der Waals surface area contributed by atoms with Gasteiger partial charge in [0.1, 0.15) is 16.5 Å². The summed E-state index contributed by atoms with van der Waals surface area (Å²) in [5.41, 5.74) is 4.55. The SMILES string of the molecule is O=C(O)CC(O)CNC(=O)c1cnc(CNC(=O)OCC2c3ccccc3-c3ccccc32)s1. The first-order valence-corrected chi connectivity index (χ1v) is 11.5. The zero-order chi connectivity index (χ0) is 24.1. The van der Waals surface area contributed by atoms with Gasteiger partial charge in [0.2, 0.25) is 0 Å². The second-order valence-electron chi connectivity index (χ2n) is 7.76. The molecule has 1 unspecified atom stereocenters. The average molecular weight is 482 g/mol. The first-order valence-electron chi connectivity index (χ1n) is 10.6. The second-order valence-corrected chi connectivity index (χ2v) is 8.87. The van der Waals surface area contributed by atoms with E-state index >= 15 is 0 Å². The molecule has 2 aromatic carbocycles. The number of aliphatic hydroxyl groups excluding tert-OH is 1. The molecule has 4 N–H and O–H groups in total. The Balaban J connectivity index is 1.27. The Morgan fingerprint density at radius 3 is 2.32 bits per heavy atom. The van der Waals surface area contributed by atoms with Crippen LogP contribution in [0.5, 0.6) is 0 Å². The number of nitrogens with zero attached hydrogens (tertiary/aromatic N) is 1. The van der Waals surface area contributed by atoms with Crippen molar-refractivity contribution in [2.75, 3.05) is 13.2 Å². The summed E-state index contributed by atoms with van der Waals surface area (Å²) in [5, 5.41) is 23.8. The summed E-state index contributed by atoms with van der Waals surface area (Å²) in [4.78, 5) is 39.4. The van der Waals surface area contributed by atoms with Crippen molar-refractivity contribution in [3.05, 3.63) is 75.7 Å². The number of ether oxygens (including phenoxy) is 1. The van der Waals surface area contributed by atoms with Gasteiger partial charge >= 0.3 is 12.1 Å². The third kappa shape index (κ3) is 5.41. The number of carbonyl (C=O) groups excluding carboxylic acids is 2. The van der Waals surface area contributed by atoms with E-state index in [-0.39, 0.29) is 30.5 Å². The smallest absolute Gasteiger partial charge is 0.407 e. The first-order chi connectivity index (χ1) is 16.4. The number of carboxylic acid groups (broad SMARTS) is 1. The number of carbonyl (C=O) groups is 3. The Kier molecular flexibility index (Phi) is 7.19. The summed E-state index contributed by atoms with van der Waals surface area (Å²) < 4.78 is 5.48. The van der Waals surface area contributed by atoms with Crippen LogP contribution in [0.4, 0.5) is 4.79 Å². The number of thiazole rings is 1. The Morgan fingerprint density at radius 2 is 1.68 bits per heavy atom. The van der Waals surface area contributed by atoms with E-state index in [1.165, 1.54) is 6.20 Å². The molecule has 0 aliphatic heterocycles. The fourth-order valence-corrected chi connectivity index (χ4v) is 4.64. The minimum atomic E-state index is -1.18. The van der Waals surface area contributed by atoms with Gasteiger partial charge < -0.3 is 25.6 Å². The minimum Gasteiger partial charge on any atom is -0.481 e. The van der Waals surface area contributed by atoms with E-state index in [2.05, 4.69) is 27.8 Å². The normalized spacial score (nSPS) is 13.0. The molecule has 10 heteroatoms. The number of aliphatic hydroxyl groups is 1. The van der Waals surface area contributed by atoms with E-state index in [1.54, 1.807) is 0 Å². The van der Waals surface area contributed by atoms with E-state index in [0.717, 1.165) is 33.6 Å². The molecule has 0 spiro atoms. The molecule has 34 heavy (non-hydrogen) atoms. The number of amides is 2. The Bertz CT molecular complexity index is 1170. The number of carboxylic acids is 1. The predicted octanol–water partition coefficient (Wildman–Crippen LogP) is 2.75. The van der Waals surface area contributed by atoms with Crippen LogP contribution in [0, 0.1) is 0 Å². The van der Waals surface area contributed by atoms with Crippen LogP contribution < -0.4 is 10.6 Å². The number of fused-ring (bicyclic) bond motifs is 3. The molecule has 176 valence electrons. The molecule has 0 fully saturated rings. The van der Waals surface area contributed by atoms with Crippen molar-refractivity contribution in [2.24, 2.45) is 0 Å². The lowest BCUT2D eigenvalue weighted by Crippen LogP contribution is -2.32. The number of rotatable bonds is 9. The van der Waals surface area contributed by atoms with E-state index in [1.807, 2.05) is 36.4 Å². The van der Waals surface area contributed by atoms with Crippen molar-refractivity contribution in [1.82, 2.24) is 15.6 Å². The number of aliphatic carboxylic acids is 1. The fourth-order valence-electron chi connectivity index (χ4n) is 3.87. The fraction of sp³-hybridized carbons (Fsp3) is 0.250.